The van der Waals surface area contributed by atoms with Gasteiger partial charge in [0.1, 0.15) is 5.75 Å². The van der Waals surface area contributed by atoms with Gasteiger partial charge >= 0.3 is 0 Å². The normalized spacial score (nSPS) is 12.0. The van der Waals surface area contributed by atoms with Crippen LogP contribution in [0.5, 0.6) is 5.75 Å². The summed E-state index contributed by atoms with van der Waals surface area (Å²) in [5.41, 5.74) is 3.98. The minimum atomic E-state index is -0.263. The topological polar surface area (TPSA) is 80.3 Å². The lowest BCUT2D eigenvalue weighted by molar-refractivity contribution is 0.101. The Labute approximate surface area is 162 Å². The van der Waals surface area contributed by atoms with Gasteiger partial charge in [0.15, 0.2) is 0 Å². The molecule has 0 bridgehead atoms. The van der Waals surface area contributed by atoms with E-state index < -0.39 is 0 Å². The van der Waals surface area contributed by atoms with Crippen LogP contribution in [-0.2, 0) is 6.42 Å². The van der Waals surface area contributed by atoms with Gasteiger partial charge in [0.05, 0.1) is 24.1 Å². The molecule has 3 aromatic rings. The third-order valence-electron chi connectivity index (χ3n) is 4.62. The molecule has 0 fully saturated rings. The van der Waals surface area contributed by atoms with Crippen LogP contribution in [0.1, 0.15) is 31.8 Å². The molecule has 2 amide bonds. The van der Waals surface area contributed by atoms with Gasteiger partial charge in [-0.2, -0.15) is 0 Å². The summed E-state index contributed by atoms with van der Waals surface area (Å²) >= 11 is 0. The molecular weight excluding hydrogens is 354 g/mol. The number of hydrogen-bond acceptors (Lipinski definition) is 4. The van der Waals surface area contributed by atoms with Crippen molar-refractivity contribution >= 4 is 23.2 Å². The van der Waals surface area contributed by atoms with Crippen molar-refractivity contribution in [3.8, 4) is 5.75 Å². The number of pyridine rings is 1. The van der Waals surface area contributed by atoms with Gasteiger partial charge in [-0.3, -0.25) is 14.6 Å². The van der Waals surface area contributed by atoms with E-state index in [0.29, 0.717) is 34.9 Å². The highest BCUT2D eigenvalue weighted by Crippen LogP contribution is 2.30. The monoisotopic (exact) mass is 373 g/mol. The van der Waals surface area contributed by atoms with Crippen molar-refractivity contribution in [2.45, 2.75) is 13.3 Å². The van der Waals surface area contributed by atoms with Crippen molar-refractivity contribution in [2.24, 2.45) is 0 Å². The van der Waals surface area contributed by atoms with Crippen LogP contribution in [0, 0.1) is 6.92 Å². The summed E-state index contributed by atoms with van der Waals surface area (Å²) in [6, 6.07) is 14.3. The molecule has 0 radical (unpaired) electrons. The van der Waals surface area contributed by atoms with Crippen molar-refractivity contribution < 1.29 is 14.3 Å². The molecule has 28 heavy (non-hydrogen) atoms. The van der Waals surface area contributed by atoms with Crippen molar-refractivity contribution in [3.05, 3.63) is 83.2 Å². The molecule has 1 aliphatic rings. The molecule has 0 aliphatic carbocycles. The Kier molecular flexibility index (Phi) is 4.76. The first-order chi connectivity index (χ1) is 13.6. The second kappa shape index (κ2) is 7.52. The number of benzene rings is 2. The average molecular weight is 373 g/mol. The number of carbonyl (C=O) groups is 2. The minimum absolute atomic E-state index is 0.259. The van der Waals surface area contributed by atoms with Crippen molar-refractivity contribution in [3.63, 3.8) is 0 Å². The maximum Gasteiger partial charge on any atom is 0.259 e. The zero-order chi connectivity index (χ0) is 19.5. The molecule has 1 aromatic heterocycles. The maximum atomic E-state index is 12.7. The Morgan fingerprint density at radius 2 is 1.79 bits per heavy atom. The van der Waals surface area contributed by atoms with Gasteiger partial charge in [-0.15, -0.1) is 0 Å². The van der Waals surface area contributed by atoms with Crippen LogP contribution in [0.3, 0.4) is 0 Å². The number of nitrogens with zero attached hydrogens (tertiary/aromatic N) is 1. The second-order valence-corrected chi connectivity index (χ2v) is 6.57. The first kappa shape index (κ1) is 17.7. The summed E-state index contributed by atoms with van der Waals surface area (Å²) in [6.45, 7) is 2.44. The van der Waals surface area contributed by atoms with E-state index >= 15 is 0 Å². The molecule has 0 unspecified atom stereocenters. The van der Waals surface area contributed by atoms with Crippen LogP contribution in [-0.4, -0.2) is 23.4 Å². The fraction of sp³-hybridized carbons (Fsp3) is 0.136. The Balaban J connectivity index is 1.55. The summed E-state index contributed by atoms with van der Waals surface area (Å²) in [6.07, 6.45) is 4.02. The molecule has 2 N–H and O–H groups in total. The van der Waals surface area contributed by atoms with Gasteiger partial charge in [0, 0.05) is 23.9 Å². The van der Waals surface area contributed by atoms with Crippen molar-refractivity contribution in [2.75, 3.05) is 17.2 Å². The highest BCUT2D eigenvalue weighted by molar-refractivity contribution is 6.09. The lowest BCUT2D eigenvalue weighted by Gasteiger charge is -2.12. The first-order valence-electron chi connectivity index (χ1n) is 9.00. The third-order valence-corrected chi connectivity index (χ3v) is 4.62. The van der Waals surface area contributed by atoms with Gasteiger partial charge in [-0.25, -0.2) is 0 Å². The van der Waals surface area contributed by atoms with Crippen molar-refractivity contribution in [1.29, 1.82) is 0 Å². The van der Waals surface area contributed by atoms with E-state index in [0.717, 1.165) is 17.5 Å². The predicted octanol–water partition coefficient (Wildman–Crippen LogP) is 3.83. The Hall–Kier alpha value is -3.67. The number of fused-ring (bicyclic) bond motifs is 1. The predicted molar refractivity (Wildman–Crippen MR) is 107 cm³/mol. The number of amides is 2. The zero-order valence-corrected chi connectivity index (χ0v) is 15.4. The number of anilines is 2. The summed E-state index contributed by atoms with van der Waals surface area (Å²) in [5, 5.41) is 5.67. The summed E-state index contributed by atoms with van der Waals surface area (Å²) < 4.78 is 5.61. The van der Waals surface area contributed by atoms with E-state index in [1.807, 2.05) is 19.1 Å². The molecule has 0 saturated heterocycles. The Bertz CT molecular complexity index is 1050. The SMILES string of the molecule is Cc1ccc(NC(=O)c2cccc3c2OCC3)cc1C(=O)Nc1cccnc1. The van der Waals surface area contributed by atoms with Crippen LogP contribution in [0.15, 0.2) is 60.9 Å². The molecule has 4 rings (SSSR count). The lowest BCUT2D eigenvalue weighted by atomic mass is 10.1. The van der Waals surface area contributed by atoms with E-state index in [-0.39, 0.29) is 11.8 Å². The molecule has 2 aromatic carbocycles. The van der Waals surface area contributed by atoms with E-state index in [1.165, 1.54) is 0 Å². The molecule has 6 nitrogen and oxygen atoms in total. The third kappa shape index (κ3) is 3.57. The lowest BCUT2D eigenvalue weighted by Crippen LogP contribution is -2.16. The van der Waals surface area contributed by atoms with Crippen LogP contribution < -0.4 is 15.4 Å². The number of ether oxygens (including phenoxy) is 1. The van der Waals surface area contributed by atoms with Crippen LogP contribution in [0.25, 0.3) is 0 Å². The number of carbonyl (C=O) groups excluding carboxylic acids is 2. The van der Waals surface area contributed by atoms with Gasteiger partial charge in [-0.1, -0.05) is 18.2 Å². The molecule has 6 heteroatoms. The van der Waals surface area contributed by atoms with Gasteiger partial charge in [0.25, 0.3) is 11.8 Å². The number of para-hydroxylation sites is 1. The Morgan fingerprint density at radius 1 is 0.964 bits per heavy atom. The molecule has 0 saturated carbocycles. The van der Waals surface area contributed by atoms with Crippen molar-refractivity contribution in [1.82, 2.24) is 4.98 Å². The summed E-state index contributed by atoms with van der Waals surface area (Å²) in [4.78, 5) is 29.3. The summed E-state index contributed by atoms with van der Waals surface area (Å²) in [7, 11) is 0. The van der Waals surface area contributed by atoms with E-state index in [1.54, 1.807) is 48.8 Å². The van der Waals surface area contributed by atoms with Gasteiger partial charge < -0.3 is 15.4 Å². The van der Waals surface area contributed by atoms with Crippen LogP contribution >= 0.6 is 0 Å². The number of rotatable bonds is 4. The van der Waals surface area contributed by atoms with E-state index in [9.17, 15) is 9.59 Å². The Morgan fingerprint density at radius 3 is 2.61 bits per heavy atom. The highest BCUT2D eigenvalue weighted by Gasteiger charge is 2.21. The van der Waals surface area contributed by atoms with Gasteiger partial charge in [-0.05, 0) is 48.4 Å². The standard InChI is InChI=1S/C22H19N3O3/c1-14-7-8-16(12-19(14)22(27)25-17-5-3-10-23-13-17)24-21(26)18-6-2-4-15-9-11-28-20(15)18/h2-8,10,12-13H,9,11H2,1H3,(H,24,26)(H,25,27). The minimum Gasteiger partial charge on any atom is -0.492 e. The molecule has 0 spiro atoms. The zero-order valence-electron chi connectivity index (χ0n) is 15.4. The number of nitrogens with one attached hydrogen (secondary N) is 2. The second-order valence-electron chi connectivity index (χ2n) is 6.57. The number of aryl methyl sites for hydroxylation is 1. The maximum absolute atomic E-state index is 12.7. The molecule has 2 heterocycles. The molecule has 140 valence electrons. The molecular formula is C22H19N3O3. The fourth-order valence-electron chi connectivity index (χ4n) is 3.17. The van der Waals surface area contributed by atoms with Crippen LogP contribution in [0.4, 0.5) is 11.4 Å². The summed E-state index contributed by atoms with van der Waals surface area (Å²) in [5.74, 6) is 0.119. The quantitative estimate of drug-likeness (QED) is 0.728. The van der Waals surface area contributed by atoms with Gasteiger partial charge in [0.2, 0.25) is 0 Å². The average Bonchev–Trinajstić information content (AvgIpc) is 3.19. The molecule has 1 aliphatic heterocycles. The number of aromatic nitrogens is 1. The largest absolute Gasteiger partial charge is 0.492 e. The van der Waals surface area contributed by atoms with Crippen LogP contribution in [0.2, 0.25) is 0 Å². The first-order valence-corrected chi connectivity index (χ1v) is 9.00. The highest BCUT2D eigenvalue weighted by atomic mass is 16.5. The smallest absolute Gasteiger partial charge is 0.259 e. The van der Waals surface area contributed by atoms with E-state index in [4.69, 9.17) is 4.74 Å². The fourth-order valence-corrected chi connectivity index (χ4v) is 3.17. The molecule has 0 atom stereocenters. The van der Waals surface area contributed by atoms with E-state index in [2.05, 4.69) is 15.6 Å². The number of hydrogen-bond donors (Lipinski definition) is 2.